The van der Waals surface area contributed by atoms with Crippen LogP contribution in [0, 0.1) is 13.8 Å². The molecule has 1 aliphatic rings. The average molecular weight is 540 g/mol. The second-order valence-electron chi connectivity index (χ2n) is 9.61. The van der Waals surface area contributed by atoms with Crippen LogP contribution in [0.5, 0.6) is 5.75 Å². The molecule has 0 N–H and O–H groups in total. The molecule has 5 rings (SSSR count). The molecule has 3 aromatic carbocycles. The lowest BCUT2D eigenvalue weighted by molar-refractivity contribution is -0.122. The Labute approximate surface area is 233 Å². The van der Waals surface area contributed by atoms with E-state index >= 15 is 0 Å². The molecule has 38 heavy (non-hydrogen) atoms. The van der Waals surface area contributed by atoms with Crippen LogP contribution in [0.25, 0.3) is 23.0 Å². The van der Waals surface area contributed by atoms with E-state index in [4.69, 9.17) is 22.1 Å². The first-order valence-electron chi connectivity index (χ1n) is 12.5. The minimum Gasteiger partial charge on any atom is -0.491 e. The molecule has 7 heteroatoms. The van der Waals surface area contributed by atoms with Crippen LogP contribution in [0.3, 0.4) is 0 Å². The summed E-state index contributed by atoms with van der Waals surface area (Å²) < 4.78 is 8.35. The SMILES string of the molecule is Cc1ccc(CN2C(=O)C(=Cc3cn(-c4ccccc4)nc3-c3ccc(OC(C)C)c(C)c3)SC2=S)cc1. The number of rotatable bonds is 7. The van der Waals surface area contributed by atoms with Gasteiger partial charge < -0.3 is 4.74 Å². The minimum atomic E-state index is -0.0872. The lowest BCUT2D eigenvalue weighted by Gasteiger charge is -2.14. The lowest BCUT2D eigenvalue weighted by Crippen LogP contribution is -2.27. The maximum atomic E-state index is 13.4. The zero-order valence-corrected chi connectivity index (χ0v) is 23.5. The van der Waals surface area contributed by atoms with E-state index in [2.05, 4.69) is 6.07 Å². The third kappa shape index (κ3) is 5.59. The van der Waals surface area contributed by atoms with Gasteiger partial charge in [-0.05, 0) is 75.2 Å². The number of para-hydroxylation sites is 1. The normalized spacial score (nSPS) is 14.7. The maximum Gasteiger partial charge on any atom is 0.266 e. The van der Waals surface area contributed by atoms with E-state index in [1.165, 1.54) is 17.3 Å². The topological polar surface area (TPSA) is 47.4 Å². The Bertz CT molecular complexity index is 1520. The summed E-state index contributed by atoms with van der Waals surface area (Å²) in [5.74, 6) is 0.764. The number of ether oxygens (including phenoxy) is 1. The van der Waals surface area contributed by atoms with Crippen LogP contribution in [0.2, 0.25) is 0 Å². The largest absolute Gasteiger partial charge is 0.491 e. The van der Waals surface area contributed by atoms with Crippen molar-refractivity contribution >= 4 is 40.3 Å². The van der Waals surface area contributed by atoms with Gasteiger partial charge in [0.2, 0.25) is 0 Å². The van der Waals surface area contributed by atoms with Crippen molar-refractivity contribution in [2.24, 2.45) is 0 Å². The van der Waals surface area contributed by atoms with Crippen molar-refractivity contribution in [2.75, 3.05) is 0 Å². The molecule has 2 heterocycles. The van der Waals surface area contributed by atoms with Crippen LogP contribution < -0.4 is 4.74 Å². The van der Waals surface area contributed by atoms with Crippen LogP contribution in [-0.2, 0) is 11.3 Å². The van der Waals surface area contributed by atoms with E-state index in [9.17, 15) is 4.79 Å². The molecule has 0 bridgehead atoms. The Morgan fingerprint density at radius 1 is 1.03 bits per heavy atom. The fourth-order valence-electron chi connectivity index (χ4n) is 4.27. The Morgan fingerprint density at radius 2 is 1.76 bits per heavy atom. The minimum absolute atomic E-state index is 0.0872. The fraction of sp³-hybridized carbons (Fsp3) is 0.194. The molecule has 5 nitrogen and oxygen atoms in total. The third-order valence-electron chi connectivity index (χ3n) is 6.20. The quantitative estimate of drug-likeness (QED) is 0.182. The van der Waals surface area contributed by atoms with Gasteiger partial charge in [-0.2, -0.15) is 5.10 Å². The van der Waals surface area contributed by atoms with E-state index in [1.54, 1.807) is 4.90 Å². The van der Waals surface area contributed by atoms with Gasteiger partial charge >= 0.3 is 0 Å². The van der Waals surface area contributed by atoms with Crippen molar-refractivity contribution in [3.8, 4) is 22.7 Å². The molecule has 0 radical (unpaired) electrons. The van der Waals surface area contributed by atoms with Crippen molar-refractivity contribution in [2.45, 2.75) is 40.3 Å². The summed E-state index contributed by atoms with van der Waals surface area (Å²) in [6.07, 6.45) is 3.96. The second-order valence-corrected chi connectivity index (χ2v) is 11.3. The van der Waals surface area contributed by atoms with Gasteiger partial charge in [0.1, 0.15) is 15.8 Å². The molecule has 0 atom stereocenters. The van der Waals surface area contributed by atoms with Crippen molar-refractivity contribution < 1.29 is 9.53 Å². The zero-order valence-electron chi connectivity index (χ0n) is 21.8. The predicted molar refractivity (Wildman–Crippen MR) is 159 cm³/mol. The molecule has 1 amide bonds. The van der Waals surface area contributed by atoms with Gasteiger partial charge in [0.15, 0.2) is 0 Å². The van der Waals surface area contributed by atoms with Gasteiger partial charge in [-0.3, -0.25) is 9.69 Å². The number of benzene rings is 3. The number of amides is 1. The van der Waals surface area contributed by atoms with E-state index in [1.807, 2.05) is 111 Å². The number of carbonyl (C=O) groups is 1. The van der Waals surface area contributed by atoms with Crippen molar-refractivity contribution in [3.05, 3.63) is 106 Å². The molecule has 4 aromatic rings. The summed E-state index contributed by atoms with van der Waals surface area (Å²) in [6.45, 7) is 8.57. The molecule has 1 saturated heterocycles. The first kappa shape index (κ1) is 25.9. The Balaban J connectivity index is 1.52. The number of hydrogen-bond acceptors (Lipinski definition) is 5. The van der Waals surface area contributed by atoms with Gasteiger partial charge in [0.25, 0.3) is 5.91 Å². The van der Waals surface area contributed by atoms with Gasteiger partial charge in [-0.15, -0.1) is 0 Å². The smallest absolute Gasteiger partial charge is 0.266 e. The van der Waals surface area contributed by atoms with Gasteiger partial charge in [-0.25, -0.2) is 4.68 Å². The second kappa shape index (κ2) is 11.0. The number of thioether (sulfide) groups is 1. The average Bonchev–Trinajstić information content (AvgIpc) is 3.43. The predicted octanol–water partition coefficient (Wildman–Crippen LogP) is 7.34. The van der Waals surface area contributed by atoms with E-state index in [-0.39, 0.29) is 12.0 Å². The van der Waals surface area contributed by atoms with Crippen molar-refractivity contribution in [1.82, 2.24) is 14.7 Å². The molecular formula is C31H29N3O2S2. The maximum absolute atomic E-state index is 13.4. The Kier molecular flexibility index (Phi) is 7.49. The molecule has 192 valence electrons. The zero-order chi connectivity index (χ0) is 26.8. The summed E-state index contributed by atoms with van der Waals surface area (Å²) >= 11 is 6.93. The van der Waals surface area contributed by atoms with Crippen molar-refractivity contribution in [3.63, 3.8) is 0 Å². The number of thiocarbonyl (C=S) groups is 1. The van der Waals surface area contributed by atoms with Crippen LogP contribution in [0.15, 0.2) is 83.9 Å². The van der Waals surface area contributed by atoms with Crippen molar-refractivity contribution in [1.29, 1.82) is 0 Å². The first-order valence-corrected chi connectivity index (χ1v) is 13.7. The van der Waals surface area contributed by atoms with E-state index in [0.29, 0.717) is 15.8 Å². The number of carbonyl (C=O) groups excluding carboxylic acids is 1. The van der Waals surface area contributed by atoms with Gasteiger partial charge in [-0.1, -0.05) is 72.0 Å². The molecular weight excluding hydrogens is 510 g/mol. The molecule has 1 aliphatic heterocycles. The molecule has 0 saturated carbocycles. The van der Waals surface area contributed by atoms with Gasteiger partial charge in [0.05, 0.1) is 23.2 Å². The number of nitrogens with zero attached hydrogens (tertiary/aromatic N) is 3. The van der Waals surface area contributed by atoms with Gasteiger partial charge in [0, 0.05) is 17.3 Å². The van der Waals surface area contributed by atoms with Crippen LogP contribution >= 0.6 is 24.0 Å². The lowest BCUT2D eigenvalue weighted by atomic mass is 10.0. The van der Waals surface area contributed by atoms with Crippen LogP contribution in [0.4, 0.5) is 0 Å². The fourth-order valence-corrected chi connectivity index (χ4v) is 5.51. The first-order chi connectivity index (χ1) is 18.3. The molecule has 0 unspecified atom stereocenters. The Morgan fingerprint density at radius 3 is 2.45 bits per heavy atom. The van der Waals surface area contributed by atoms with E-state index in [0.717, 1.165) is 39.4 Å². The summed E-state index contributed by atoms with van der Waals surface area (Å²) in [5.41, 5.74) is 6.79. The summed E-state index contributed by atoms with van der Waals surface area (Å²) in [4.78, 5) is 15.7. The summed E-state index contributed by atoms with van der Waals surface area (Å²) in [6, 6.07) is 24.2. The highest BCUT2D eigenvalue weighted by Gasteiger charge is 2.32. The van der Waals surface area contributed by atoms with Crippen LogP contribution in [-0.4, -0.2) is 31.0 Å². The molecule has 1 aromatic heterocycles. The highest BCUT2D eigenvalue weighted by molar-refractivity contribution is 8.26. The standard InChI is InChI=1S/C31H29N3O2S2/c1-20(2)36-27-15-14-24(16-22(27)4)29-25(19-34(32-29)26-8-6-5-7-9-26)17-28-30(35)33(31(37)38-28)18-23-12-10-21(3)11-13-23/h5-17,19-20H,18H2,1-4H3. The number of hydrogen-bond donors (Lipinski definition) is 0. The molecule has 0 aliphatic carbocycles. The number of aryl methyl sites for hydroxylation is 2. The summed E-state index contributed by atoms with van der Waals surface area (Å²) in [5, 5.41) is 4.93. The Hall–Kier alpha value is -3.68. The molecule has 1 fully saturated rings. The highest BCUT2D eigenvalue weighted by Crippen LogP contribution is 2.36. The van der Waals surface area contributed by atoms with E-state index < -0.39 is 0 Å². The highest BCUT2D eigenvalue weighted by atomic mass is 32.2. The number of aromatic nitrogens is 2. The monoisotopic (exact) mass is 539 g/mol. The van der Waals surface area contributed by atoms with Crippen LogP contribution in [0.1, 0.15) is 36.1 Å². The molecule has 0 spiro atoms. The third-order valence-corrected chi connectivity index (χ3v) is 7.57. The summed E-state index contributed by atoms with van der Waals surface area (Å²) in [7, 11) is 0.